The van der Waals surface area contributed by atoms with E-state index in [1.54, 1.807) is 18.5 Å². The number of primary amides is 1. The average Bonchev–Trinajstić information content (AvgIpc) is 2.68. The molecule has 3 aromatic rings. The highest BCUT2D eigenvalue weighted by atomic mass is 16.1. The van der Waals surface area contributed by atoms with Crippen molar-refractivity contribution in [3.8, 4) is 11.1 Å². The molecule has 1 heterocycles. The summed E-state index contributed by atoms with van der Waals surface area (Å²) in [5, 5.41) is 3.39. The van der Waals surface area contributed by atoms with Crippen LogP contribution in [0.15, 0.2) is 67.0 Å². The van der Waals surface area contributed by atoms with E-state index in [1.165, 1.54) is 5.56 Å². The number of benzene rings is 2. The summed E-state index contributed by atoms with van der Waals surface area (Å²) >= 11 is 0. The predicted molar refractivity (Wildman–Crippen MR) is 106 cm³/mol. The molecule has 4 heteroatoms. The third kappa shape index (κ3) is 4.09. The lowest BCUT2D eigenvalue weighted by Gasteiger charge is -2.16. The van der Waals surface area contributed by atoms with Gasteiger partial charge in [-0.1, -0.05) is 49.7 Å². The standard InChI is InChI=1S/C22H23N3O/c1-2-4-16-7-9-18(10-8-16)19-5-3-6-20(22(23)26)21(19)25-15-17-11-13-24-14-12-17/h3,5-14,25H,2,4,15H2,1H3,(H2,23,26). The van der Waals surface area contributed by atoms with E-state index in [0.29, 0.717) is 12.1 Å². The van der Waals surface area contributed by atoms with Crippen molar-refractivity contribution < 1.29 is 4.79 Å². The molecular formula is C22H23N3O. The van der Waals surface area contributed by atoms with Gasteiger partial charge in [0, 0.05) is 24.5 Å². The summed E-state index contributed by atoms with van der Waals surface area (Å²) in [5.41, 5.74) is 11.3. The van der Waals surface area contributed by atoms with E-state index in [1.807, 2.05) is 24.3 Å². The molecule has 1 amide bonds. The SMILES string of the molecule is CCCc1ccc(-c2cccc(C(N)=O)c2NCc2ccncc2)cc1. The molecular weight excluding hydrogens is 322 g/mol. The Morgan fingerprint density at radius 1 is 1.00 bits per heavy atom. The minimum atomic E-state index is -0.438. The molecule has 0 unspecified atom stereocenters. The van der Waals surface area contributed by atoms with E-state index in [9.17, 15) is 4.79 Å². The number of carbonyl (C=O) groups excluding carboxylic acids is 1. The van der Waals surface area contributed by atoms with Crippen molar-refractivity contribution in [1.82, 2.24) is 4.98 Å². The number of para-hydroxylation sites is 1. The molecule has 4 nitrogen and oxygen atoms in total. The van der Waals surface area contributed by atoms with Gasteiger partial charge >= 0.3 is 0 Å². The van der Waals surface area contributed by atoms with E-state index >= 15 is 0 Å². The van der Waals surface area contributed by atoms with Gasteiger partial charge in [0.05, 0.1) is 11.3 Å². The highest BCUT2D eigenvalue weighted by Crippen LogP contribution is 2.32. The van der Waals surface area contributed by atoms with Crippen molar-refractivity contribution >= 4 is 11.6 Å². The molecule has 0 atom stereocenters. The molecule has 0 aliphatic rings. The van der Waals surface area contributed by atoms with Crippen LogP contribution in [-0.4, -0.2) is 10.9 Å². The zero-order chi connectivity index (χ0) is 18.4. The minimum absolute atomic E-state index is 0.438. The van der Waals surface area contributed by atoms with Crippen molar-refractivity contribution in [2.45, 2.75) is 26.3 Å². The fourth-order valence-electron chi connectivity index (χ4n) is 3.02. The van der Waals surface area contributed by atoms with Gasteiger partial charge in [0.15, 0.2) is 0 Å². The summed E-state index contributed by atoms with van der Waals surface area (Å²) in [6, 6.07) is 18.0. The molecule has 0 aliphatic carbocycles. The van der Waals surface area contributed by atoms with Crippen LogP contribution in [0.1, 0.15) is 34.8 Å². The molecule has 0 fully saturated rings. The Morgan fingerprint density at radius 2 is 1.73 bits per heavy atom. The van der Waals surface area contributed by atoms with E-state index in [-0.39, 0.29) is 0 Å². The lowest BCUT2D eigenvalue weighted by molar-refractivity contribution is 0.100. The molecule has 1 aromatic heterocycles. The number of pyridine rings is 1. The lowest BCUT2D eigenvalue weighted by atomic mass is 9.97. The Morgan fingerprint density at radius 3 is 2.38 bits per heavy atom. The van der Waals surface area contributed by atoms with Crippen LogP contribution in [0.5, 0.6) is 0 Å². The first-order valence-corrected chi connectivity index (χ1v) is 8.84. The largest absolute Gasteiger partial charge is 0.380 e. The molecule has 0 saturated carbocycles. The van der Waals surface area contributed by atoms with E-state index in [2.05, 4.69) is 41.5 Å². The molecule has 132 valence electrons. The molecule has 3 rings (SSSR count). The Hall–Kier alpha value is -3.14. The normalized spacial score (nSPS) is 10.5. The maximum Gasteiger partial charge on any atom is 0.250 e. The third-order valence-corrected chi connectivity index (χ3v) is 4.35. The summed E-state index contributed by atoms with van der Waals surface area (Å²) in [6.45, 7) is 2.76. The van der Waals surface area contributed by atoms with Crippen molar-refractivity contribution in [3.63, 3.8) is 0 Å². The monoisotopic (exact) mass is 345 g/mol. The first-order chi connectivity index (χ1) is 12.7. The quantitative estimate of drug-likeness (QED) is 0.666. The van der Waals surface area contributed by atoms with Crippen LogP contribution in [0.3, 0.4) is 0 Å². The van der Waals surface area contributed by atoms with E-state index in [4.69, 9.17) is 5.73 Å². The molecule has 0 saturated heterocycles. The highest BCUT2D eigenvalue weighted by Gasteiger charge is 2.14. The van der Waals surface area contributed by atoms with Gasteiger partial charge < -0.3 is 11.1 Å². The third-order valence-electron chi connectivity index (χ3n) is 4.35. The molecule has 3 N–H and O–H groups in total. The summed E-state index contributed by atoms with van der Waals surface area (Å²) in [4.78, 5) is 16.0. The van der Waals surface area contributed by atoms with Gasteiger partial charge in [-0.2, -0.15) is 0 Å². The zero-order valence-electron chi connectivity index (χ0n) is 14.9. The number of carbonyl (C=O) groups is 1. The number of nitrogens with one attached hydrogen (secondary N) is 1. The summed E-state index contributed by atoms with van der Waals surface area (Å²) < 4.78 is 0. The van der Waals surface area contributed by atoms with Crippen molar-refractivity contribution in [2.75, 3.05) is 5.32 Å². The highest BCUT2D eigenvalue weighted by molar-refractivity contribution is 6.02. The zero-order valence-corrected chi connectivity index (χ0v) is 14.9. The summed E-state index contributed by atoms with van der Waals surface area (Å²) in [5.74, 6) is -0.438. The second kappa shape index (κ2) is 8.30. The summed E-state index contributed by atoms with van der Waals surface area (Å²) in [6.07, 6.45) is 5.69. The Labute approximate surface area is 154 Å². The van der Waals surface area contributed by atoms with Crippen molar-refractivity contribution in [3.05, 3.63) is 83.7 Å². The molecule has 0 bridgehead atoms. The number of nitrogens with two attached hydrogens (primary N) is 1. The first kappa shape index (κ1) is 17.7. The predicted octanol–water partition coefficient (Wildman–Crippen LogP) is 4.41. The second-order valence-corrected chi connectivity index (χ2v) is 6.25. The topological polar surface area (TPSA) is 68.0 Å². The Kier molecular flexibility index (Phi) is 5.64. The first-order valence-electron chi connectivity index (χ1n) is 8.84. The van der Waals surface area contributed by atoms with Gasteiger partial charge in [-0.05, 0) is 41.3 Å². The van der Waals surface area contributed by atoms with E-state index < -0.39 is 5.91 Å². The van der Waals surface area contributed by atoms with Gasteiger partial charge in [-0.25, -0.2) is 0 Å². The molecule has 26 heavy (non-hydrogen) atoms. The molecule has 0 spiro atoms. The fraction of sp³-hybridized carbons (Fsp3) is 0.182. The average molecular weight is 345 g/mol. The maximum atomic E-state index is 11.9. The van der Waals surface area contributed by atoms with Gasteiger partial charge in [0.2, 0.25) is 0 Å². The van der Waals surface area contributed by atoms with Crippen LogP contribution >= 0.6 is 0 Å². The molecule has 2 aromatic carbocycles. The van der Waals surface area contributed by atoms with Gasteiger partial charge in [0.25, 0.3) is 5.91 Å². The Balaban J connectivity index is 1.96. The van der Waals surface area contributed by atoms with Gasteiger partial charge in [-0.3, -0.25) is 9.78 Å². The van der Waals surface area contributed by atoms with Crippen LogP contribution in [0.25, 0.3) is 11.1 Å². The number of nitrogens with zero attached hydrogens (tertiary/aromatic N) is 1. The van der Waals surface area contributed by atoms with Crippen LogP contribution in [0.4, 0.5) is 5.69 Å². The number of aryl methyl sites for hydroxylation is 1. The second-order valence-electron chi connectivity index (χ2n) is 6.25. The fourth-order valence-corrected chi connectivity index (χ4v) is 3.02. The minimum Gasteiger partial charge on any atom is -0.380 e. The maximum absolute atomic E-state index is 11.9. The van der Waals surface area contributed by atoms with Crippen LogP contribution in [0, 0.1) is 0 Å². The van der Waals surface area contributed by atoms with Gasteiger partial charge in [0.1, 0.15) is 0 Å². The molecule has 0 radical (unpaired) electrons. The number of hydrogen-bond donors (Lipinski definition) is 2. The lowest BCUT2D eigenvalue weighted by Crippen LogP contribution is -2.15. The van der Waals surface area contributed by atoms with Crippen LogP contribution in [0.2, 0.25) is 0 Å². The Bertz CT molecular complexity index is 874. The number of amides is 1. The number of aromatic nitrogens is 1. The van der Waals surface area contributed by atoms with Crippen molar-refractivity contribution in [2.24, 2.45) is 5.73 Å². The van der Waals surface area contributed by atoms with E-state index in [0.717, 1.165) is 35.2 Å². The molecule has 0 aliphatic heterocycles. The number of rotatable bonds is 7. The van der Waals surface area contributed by atoms with Crippen LogP contribution < -0.4 is 11.1 Å². The van der Waals surface area contributed by atoms with Crippen molar-refractivity contribution in [1.29, 1.82) is 0 Å². The smallest absolute Gasteiger partial charge is 0.250 e. The van der Waals surface area contributed by atoms with Crippen LogP contribution in [-0.2, 0) is 13.0 Å². The number of hydrogen-bond acceptors (Lipinski definition) is 3. The van der Waals surface area contributed by atoms with Gasteiger partial charge in [-0.15, -0.1) is 0 Å². The number of anilines is 1. The summed E-state index contributed by atoms with van der Waals surface area (Å²) in [7, 11) is 0.